The molecule has 3 aliphatic heterocycles. The maximum atomic E-state index is 13.4. The molecule has 0 saturated carbocycles. The number of aliphatic hydroxyl groups is 11. The van der Waals surface area contributed by atoms with Gasteiger partial charge in [0.2, 0.25) is 5.91 Å². The van der Waals surface area contributed by atoms with Crippen LogP contribution in [0.3, 0.4) is 0 Å². The minimum atomic E-state index is -1.97. The first kappa shape index (κ1) is 84.8. The van der Waals surface area contributed by atoms with Gasteiger partial charge in [-0.1, -0.05) is 283 Å². The van der Waals surface area contributed by atoms with Gasteiger partial charge in [-0.15, -0.1) is 0 Å². The molecule has 544 valence electrons. The molecule has 3 fully saturated rings. The van der Waals surface area contributed by atoms with Gasteiger partial charge in [-0.05, 0) is 38.5 Å². The number of ether oxygens (including phenoxy) is 6. The van der Waals surface area contributed by atoms with E-state index in [0.717, 1.165) is 57.8 Å². The third-order valence-electron chi connectivity index (χ3n) is 19.3. The zero-order valence-electron chi connectivity index (χ0n) is 57.8. The van der Waals surface area contributed by atoms with Crippen molar-refractivity contribution in [1.82, 2.24) is 5.32 Å². The highest BCUT2D eigenvalue weighted by atomic mass is 16.8. The third-order valence-corrected chi connectivity index (χ3v) is 19.3. The summed E-state index contributed by atoms with van der Waals surface area (Å²) in [4.78, 5) is 13.4. The Kier molecular flexibility index (Phi) is 51.0. The number of hydrogen-bond acceptors (Lipinski definition) is 18. The van der Waals surface area contributed by atoms with Gasteiger partial charge in [0.1, 0.15) is 73.2 Å². The fourth-order valence-corrected chi connectivity index (χ4v) is 13.2. The second-order valence-electron chi connectivity index (χ2n) is 27.5. The van der Waals surface area contributed by atoms with Crippen LogP contribution in [0.1, 0.15) is 316 Å². The molecule has 3 heterocycles. The monoisotopic (exact) mass is 1320 g/mol. The minimum Gasteiger partial charge on any atom is -0.394 e. The molecule has 0 bridgehead atoms. The van der Waals surface area contributed by atoms with Gasteiger partial charge in [0, 0.05) is 6.42 Å². The number of rotatable bonds is 60. The van der Waals surface area contributed by atoms with Crippen molar-refractivity contribution in [2.24, 2.45) is 0 Å². The van der Waals surface area contributed by atoms with Crippen molar-refractivity contribution in [3.05, 3.63) is 12.2 Å². The number of unbranched alkanes of at least 4 members (excludes halogenated alkanes) is 42. The molecule has 19 heteroatoms. The molecule has 0 spiro atoms. The second kappa shape index (κ2) is 55.4. The molecule has 3 saturated heterocycles. The standard InChI is InChI=1S/C73H139NO18/c1-3-5-7-9-11-13-15-17-19-21-23-24-25-26-27-28-29-30-31-32-33-34-36-38-40-42-44-46-48-50-57(78)56(74-61(79)51-49-47-45-43-41-39-37-35-22-20-18-16-14-12-10-8-6-4-2)55-87-71-67(85)64(82)69(59(53-76)89-71)92-73-68(86)65(83)70(60(54-77)90-73)91-72-66(84)63(81)62(80)58(52-75)88-72/h20,22,56-60,62-73,75-78,80-86H,3-19,21,23-55H2,1-2H3,(H,74,79)/b22-20-. The maximum Gasteiger partial charge on any atom is 0.220 e. The van der Waals surface area contributed by atoms with Crippen LogP contribution in [0.5, 0.6) is 0 Å². The van der Waals surface area contributed by atoms with E-state index in [1.165, 1.54) is 225 Å². The van der Waals surface area contributed by atoms with E-state index < -0.39 is 124 Å². The summed E-state index contributed by atoms with van der Waals surface area (Å²) >= 11 is 0. The van der Waals surface area contributed by atoms with E-state index in [9.17, 15) is 61.0 Å². The fraction of sp³-hybridized carbons (Fsp3) is 0.959. The van der Waals surface area contributed by atoms with E-state index >= 15 is 0 Å². The predicted molar refractivity (Wildman–Crippen MR) is 360 cm³/mol. The van der Waals surface area contributed by atoms with Gasteiger partial charge in [0.05, 0.1) is 38.6 Å². The normalized spacial score (nSPS) is 27.7. The van der Waals surface area contributed by atoms with E-state index in [1.807, 2.05) is 0 Å². The number of carbonyl (C=O) groups excluding carboxylic acids is 1. The summed E-state index contributed by atoms with van der Waals surface area (Å²) in [6.07, 6.45) is 35.8. The number of amides is 1. The van der Waals surface area contributed by atoms with Gasteiger partial charge in [0.15, 0.2) is 18.9 Å². The Bertz CT molecular complexity index is 1720. The first-order valence-electron chi connectivity index (χ1n) is 37.9. The number of allylic oxidation sites excluding steroid dienone is 2. The average Bonchev–Trinajstić information content (AvgIpc) is 0.838. The second-order valence-corrected chi connectivity index (χ2v) is 27.5. The number of carbonyl (C=O) groups is 1. The molecule has 17 atom stereocenters. The Morgan fingerprint density at radius 3 is 1.05 bits per heavy atom. The van der Waals surface area contributed by atoms with Crippen LogP contribution in [0.25, 0.3) is 0 Å². The van der Waals surface area contributed by atoms with E-state index in [-0.39, 0.29) is 18.9 Å². The SMILES string of the molecule is CCCCCCCCC/C=C\CCCCCCCCCC(=O)NC(COC1OC(CO)C(OC2OC(CO)C(OC3OC(CO)C(O)C(O)C3O)C(O)C2O)C(O)C1O)C(O)CCCCCCCCCCCCCCCCCCCCCCCCCCCCCCC. The van der Waals surface area contributed by atoms with Crippen LogP contribution >= 0.6 is 0 Å². The molecular formula is C73H139NO18. The van der Waals surface area contributed by atoms with Crippen LogP contribution in [-0.2, 0) is 33.2 Å². The van der Waals surface area contributed by atoms with E-state index in [2.05, 4.69) is 31.3 Å². The lowest BCUT2D eigenvalue weighted by Gasteiger charge is -2.48. The van der Waals surface area contributed by atoms with Gasteiger partial charge in [0.25, 0.3) is 0 Å². The molecule has 92 heavy (non-hydrogen) atoms. The van der Waals surface area contributed by atoms with Crippen LogP contribution in [-0.4, -0.2) is 193 Å². The van der Waals surface area contributed by atoms with Crippen LogP contribution in [0.2, 0.25) is 0 Å². The summed E-state index contributed by atoms with van der Waals surface area (Å²) < 4.78 is 34.5. The summed E-state index contributed by atoms with van der Waals surface area (Å²) in [5.74, 6) is -0.242. The molecule has 0 radical (unpaired) electrons. The summed E-state index contributed by atoms with van der Waals surface area (Å²) in [6, 6.07) is -0.888. The van der Waals surface area contributed by atoms with Crippen LogP contribution < -0.4 is 5.32 Å². The van der Waals surface area contributed by atoms with Gasteiger partial charge in [-0.2, -0.15) is 0 Å². The molecule has 0 aromatic heterocycles. The summed E-state index contributed by atoms with van der Waals surface area (Å²) in [5, 5.41) is 121. The molecule has 12 N–H and O–H groups in total. The van der Waals surface area contributed by atoms with Gasteiger partial charge in [-0.25, -0.2) is 0 Å². The Balaban J connectivity index is 1.38. The summed E-state index contributed by atoms with van der Waals surface area (Å²) in [5.41, 5.74) is 0. The number of aliphatic hydroxyl groups excluding tert-OH is 11. The molecular weight excluding hydrogens is 1180 g/mol. The molecule has 1 amide bonds. The molecule has 0 aliphatic carbocycles. The molecule has 0 aromatic carbocycles. The molecule has 3 aliphatic rings. The largest absolute Gasteiger partial charge is 0.394 e. The van der Waals surface area contributed by atoms with Gasteiger partial charge < -0.3 is 89.9 Å². The van der Waals surface area contributed by atoms with Crippen molar-refractivity contribution in [1.29, 1.82) is 0 Å². The Labute approximate surface area is 556 Å². The molecule has 0 aromatic rings. The molecule has 17 unspecified atom stereocenters. The zero-order valence-corrected chi connectivity index (χ0v) is 57.8. The summed E-state index contributed by atoms with van der Waals surface area (Å²) in [7, 11) is 0. The van der Waals surface area contributed by atoms with E-state index in [4.69, 9.17) is 28.4 Å². The van der Waals surface area contributed by atoms with Gasteiger partial charge in [-0.3, -0.25) is 4.79 Å². The lowest BCUT2D eigenvalue weighted by Crippen LogP contribution is -2.66. The Morgan fingerprint density at radius 2 is 0.685 bits per heavy atom. The zero-order chi connectivity index (χ0) is 66.8. The topological polar surface area (TPSA) is 307 Å². The first-order chi connectivity index (χ1) is 44.8. The van der Waals surface area contributed by atoms with Crippen molar-refractivity contribution >= 4 is 5.91 Å². The highest BCUT2D eigenvalue weighted by molar-refractivity contribution is 5.76. The van der Waals surface area contributed by atoms with Crippen molar-refractivity contribution in [3.63, 3.8) is 0 Å². The Hall–Kier alpha value is -1.47. The molecule has 3 rings (SSSR count). The molecule has 19 nitrogen and oxygen atoms in total. The van der Waals surface area contributed by atoms with E-state index in [0.29, 0.717) is 12.8 Å². The minimum absolute atomic E-state index is 0.242. The van der Waals surface area contributed by atoms with Crippen molar-refractivity contribution in [3.8, 4) is 0 Å². The Morgan fingerprint density at radius 1 is 0.380 bits per heavy atom. The quantitative estimate of drug-likeness (QED) is 0.0199. The van der Waals surface area contributed by atoms with Crippen molar-refractivity contribution < 1.29 is 89.4 Å². The smallest absolute Gasteiger partial charge is 0.220 e. The highest BCUT2D eigenvalue weighted by Gasteiger charge is 2.53. The van der Waals surface area contributed by atoms with Crippen LogP contribution in [0.4, 0.5) is 0 Å². The lowest BCUT2D eigenvalue weighted by molar-refractivity contribution is -0.379. The van der Waals surface area contributed by atoms with Gasteiger partial charge >= 0.3 is 0 Å². The third kappa shape index (κ3) is 36.4. The predicted octanol–water partition coefficient (Wildman–Crippen LogP) is 11.2. The number of hydrogen-bond donors (Lipinski definition) is 12. The highest BCUT2D eigenvalue weighted by Crippen LogP contribution is 2.33. The first-order valence-corrected chi connectivity index (χ1v) is 37.9. The number of nitrogens with one attached hydrogen (secondary N) is 1. The van der Waals surface area contributed by atoms with Crippen LogP contribution in [0.15, 0.2) is 12.2 Å². The maximum absolute atomic E-state index is 13.4. The average molecular weight is 1320 g/mol. The lowest BCUT2D eigenvalue weighted by atomic mass is 9.96. The van der Waals surface area contributed by atoms with E-state index in [1.54, 1.807) is 0 Å². The van der Waals surface area contributed by atoms with Crippen LogP contribution in [0, 0.1) is 0 Å². The fourth-order valence-electron chi connectivity index (χ4n) is 13.2. The van der Waals surface area contributed by atoms with Crippen molar-refractivity contribution in [2.75, 3.05) is 26.4 Å². The summed E-state index contributed by atoms with van der Waals surface area (Å²) in [6.45, 7) is 1.84. The van der Waals surface area contributed by atoms with Crippen molar-refractivity contribution in [2.45, 2.75) is 420 Å².